The smallest absolute Gasteiger partial charge is 0.223 e. The van der Waals surface area contributed by atoms with Crippen LogP contribution < -0.4 is 0 Å². The third-order valence-corrected chi connectivity index (χ3v) is 2.80. The first-order valence-corrected chi connectivity index (χ1v) is 5.72. The second kappa shape index (κ2) is 5.46. The number of benzene rings is 1. The van der Waals surface area contributed by atoms with E-state index in [9.17, 15) is 14.0 Å². The van der Waals surface area contributed by atoms with Gasteiger partial charge in [0.1, 0.15) is 5.82 Å². The average Bonchev–Trinajstić information content (AvgIpc) is 2.77. The van der Waals surface area contributed by atoms with Crippen molar-refractivity contribution in [3.05, 3.63) is 35.1 Å². The van der Waals surface area contributed by atoms with Gasteiger partial charge in [0, 0.05) is 24.1 Å². The molecule has 1 heterocycles. The molecule has 4 heteroatoms. The SMILES string of the molecule is O=Cc1cc(F)ccc1C#CCN1CCCC1=O. The van der Waals surface area contributed by atoms with E-state index in [1.54, 1.807) is 4.90 Å². The normalized spacial score (nSPS) is 14.3. The summed E-state index contributed by atoms with van der Waals surface area (Å²) in [5.74, 6) is 5.29. The standard InChI is InChI=1S/C14H12FNO2/c15-13-6-5-11(12(9-13)10-17)3-1-7-16-8-2-4-14(16)18/h5-6,9-10H,2,4,7-8H2. The first-order chi connectivity index (χ1) is 8.70. The summed E-state index contributed by atoms with van der Waals surface area (Å²) >= 11 is 0. The van der Waals surface area contributed by atoms with E-state index in [0.717, 1.165) is 19.0 Å². The predicted octanol–water partition coefficient (Wildman–Crippen LogP) is 1.61. The summed E-state index contributed by atoms with van der Waals surface area (Å²) in [4.78, 5) is 23.8. The molecule has 0 radical (unpaired) electrons. The second-order valence-corrected chi connectivity index (χ2v) is 4.07. The van der Waals surface area contributed by atoms with Crippen LogP contribution in [-0.4, -0.2) is 30.2 Å². The van der Waals surface area contributed by atoms with Crippen LogP contribution in [-0.2, 0) is 4.79 Å². The highest BCUT2D eigenvalue weighted by Crippen LogP contribution is 2.09. The summed E-state index contributed by atoms with van der Waals surface area (Å²) in [6.45, 7) is 1.09. The van der Waals surface area contributed by atoms with Crippen molar-refractivity contribution in [2.75, 3.05) is 13.1 Å². The average molecular weight is 245 g/mol. The number of halogens is 1. The molecule has 92 valence electrons. The molecule has 1 amide bonds. The summed E-state index contributed by atoms with van der Waals surface area (Å²) < 4.78 is 12.9. The lowest BCUT2D eigenvalue weighted by Gasteiger charge is -2.09. The van der Waals surface area contributed by atoms with Crippen molar-refractivity contribution >= 4 is 12.2 Å². The van der Waals surface area contributed by atoms with Crippen molar-refractivity contribution in [3.8, 4) is 11.8 Å². The molecular formula is C14H12FNO2. The molecule has 1 aromatic rings. The summed E-state index contributed by atoms with van der Waals surface area (Å²) in [5, 5.41) is 0. The maximum atomic E-state index is 12.9. The van der Waals surface area contributed by atoms with Crippen LogP contribution in [0.5, 0.6) is 0 Å². The zero-order valence-electron chi connectivity index (χ0n) is 9.78. The lowest BCUT2D eigenvalue weighted by molar-refractivity contribution is -0.127. The van der Waals surface area contributed by atoms with Crippen molar-refractivity contribution in [3.63, 3.8) is 0 Å². The van der Waals surface area contributed by atoms with Gasteiger partial charge in [0.05, 0.1) is 6.54 Å². The van der Waals surface area contributed by atoms with E-state index < -0.39 is 5.82 Å². The van der Waals surface area contributed by atoms with Crippen molar-refractivity contribution in [1.82, 2.24) is 4.90 Å². The molecule has 1 aliphatic heterocycles. The van der Waals surface area contributed by atoms with Crippen molar-refractivity contribution < 1.29 is 14.0 Å². The molecule has 3 nitrogen and oxygen atoms in total. The van der Waals surface area contributed by atoms with Gasteiger partial charge in [-0.25, -0.2) is 4.39 Å². The van der Waals surface area contributed by atoms with Crippen molar-refractivity contribution in [2.45, 2.75) is 12.8 Å². The van der Waals surface area contributed by atoms with Gasteiger partial charge in [0.25, 0.3) is 0 Å². The third-order valence-electron chi connectivity index (χ3n) is 2.80. The molecule has 0 N–H and O–H groups in total. The predicted molar refractivity (Wildman–Crippen MR) is 64.5 cm³/mol. The van der Waals surface area contributed by atoms with E-state index in [2.05, 4.69) is 11.8 Å². The molecule has 0 spiro atoms. The van der Waals surface area contributed by atoms with Crippen LogP contribution in [0.15, 0.2) is 18.2 Å². The topological polar surface area (TPSA) is 37.4 Å². The number of carbonyl (C=O) groups excluding carboxylic acids is 2. The monoisotopic (exact) mass is 245 g/mol. The molecule has 0 unspecified atom stereocenters. The van der Waals surface area contributed by atoms with Crippen molar-refractivity contribution in [2.24, 2.45) is 0 Å². The molecule has 1 aromatic carbocycles. The van der Waals surface area contributed by atoms with E-state index in [4.69, 9.17) is 0 Å². The molecule has 2 rings (SSSR count). The van der Waals surface area contributed by atoms with Gasteiger partial charge < -0.3 is 4.90 Å². The summed E-state index contributed by atoms with van der Waals surface area (Å²) in [6.07, 6.45) is 2.03. The number of likely N-dealkylation sites (tertiary alicyclic amines) is 1. The molecule has 0 aliphatic carbocycles. The highest BCUT2D eigenvalue weighted by atomic mass is 19.1. The first-order valence-electron chi connectivity index (χ1n) is 5.72. The largest absolute Gasteiger partial charge is 0.332 e. The number of nitrogens with zero attached hydrogens (tertiary/aromatic N) is 1. The first kappa shape index (κ1) is 12.3. The van der Waals surface area contributed by atoms with Crippen LogP contribution in [0.2, 0.25) is 0 Å². The van der Waals surface area contributed by atoms with E-state index in [1.165, 1.54) is 12.1 Å². The molecule has 1 saturated heterocycles. The minimum absolute atomic E-state index is 0.110. The van der Waals surface area contributed by atoms with Gasteiger partial charge in [-0.3, -0.25) is 9.59 Å². The Morgan fingerprint density at radius 1 is 1.44 bits per heavy atom. The highest BCUT2D eigenvalue weighted by molar-refractivity contribution is 5.80. The molecule has 1 fully saturated rings. The maximum Gasteiger partial charge on any atom is 0.223 e. The number of amides is 1. The molecule has 0 bridgehead atoms. The van der Waals surface area contributed by atoms with Gasteiger partial charge in [-0.2, -0.15) is 0 Å². The van der Waals surface area contributed by atoms with Gasteiger partial charge in [0.2, 0.25) is 5.91 Å². The molecule has 1 aliphatic rings. The molecule has 0 atom stereocenters. The second-order valence-electron chi connectivity index (χ2n) is 4.07. The Balaban J connectivity index is 2.10. The minimum Gasteiger partial charge on any atom is -0.332 e. The van der Waals surface area contributed by atoms with Crippen LogP contribution in [0, 0.1) is 17.7 Å². The summed E-state index contributed by atoms with van der Waals surface area (Å²) in [7, 11) is 0. The fourth-order valence-electron chi connectivity index (χ4n) is 1.85. The lowest BCUT2D eigenvalue weighted by Crippen LogP contribution is -2.24. The number of hydrogen-bond donors (Lipinski definition) is 0. The Morgan fingerprint density at radius 2 is 2.28 bits per heavy atom. The Hall–Kier alpha value is -2.15. The van der Waals surface area contributed by atoms with E-state index >= 15 is 0 Å². The Kier molecular flexibility index (Phi) is 3.73. The van der Waals surface area contributed by atoms with Gasteiger partial charge in [0.15, 0.2) is 6.29 Å². The number of hydrogen-bond acceptors (Lipinski definition) is 2. The Bertz CT molecular complexity index is 542. The van der Waals surface area contributed by atoms with Gasteiger partial charge in [-0.1, -0.05) is 11.8 Å². The summed E-state index contributed by atoms with van der Waals surface area (Å²) in [6, 6.07) is 3.88. The van der Waals surface area contributed by atoms with E-state index in [1.807, 2.05) is 0 Å². The van der Waals surface area contributed by atoms with E-state index in [0.29, 0.717) is 24.8 Å². The number of aldehydes is 1. The Morgan fingerprint density at radius 3 is 2.94 bits per heavy atom. The zero-order valence-corrected chi connectivity index (χ0v) is 9.78. The van der Waals surface area contributed by atoms with Gasteiger partial charge in [-0.15, -0.1) is 0 Å². The van der Waals surface area contributed by atoms with Crippen LogP contribution in [0.4, 0.5) is 4.39 Å². The number of carbonyl (C=O) groups is 2. The minimum atomic E-state index is -0.461. The third kappa shape index (κ3) is 2.75. The van der Waals surface area contributed by atoms with Crippen LogP contribution in [0.1, 0.15) is 28.8 Å². The molecule has 0 saturated carbocycles. The Labute approximate surface area is 105 Å². The van der Waals surface area contributed by atoms with Crippen LogP contribution in [0.3, 0.4) is 0 Å². The lowest BCUT2D eigenvalue weighted by atomic mass is 10.1. The maximum absolute atomic E-state index is 12.9. The van der Waals surface area contributed by atoms with Crippen LogP contribution >= 0.6 is 0 Å². The quantitative estimate of drug-likeness (QED) is 0.586. The summed E-state index contributed by atoms with van der Waals surface area (Å²) in [5.41, 5.74) is 0.716. The van der Waals surface area contributed by atoms with Crippen LogP contribution in [0.25, 0.3) is 0 Å². The highest BCUT2D eigenvalue weighted by Gasteiger charge is 2.18. The van der Waals surface area contributed by atoms with Gasteiger partial charge >= 0.3 is 0 Å². The van der Waals surface area contributed by atoms with E-state index in [-0.39, 0.29) is 11.5 Å². The molecule has 0 aromatic heterocycles. The fourth-order valence-corrected chi connectivity index (χ4v) is 1.85. The van der Waals surface area contributed by atoms with Gasteiger partial charge in [-0.05, 0) is 24.6 Å². The fraction of sp³-hybridized carbons (Fsp3) is 0.286. The van der Waals surface area contributed by atoms with Crippen molar-refractivity contribution in [1.29, 1.82) is 0 Å². The molecular weight excluding hydrogens is 233 g/mol. The molecule has 18 heavy (non-hydrogen) atoms. The zero-order chi connectivity index (χ0) is 13.0. The number of rotatable bonds is 2.